The molecule has 0 rings (SSSR count). The molecule has 0 unspecified atom stereocenters. The Morgan fingerprint density at radius 2 is 1.69 bits per heavy atom. The Morgan fingerprint density at radius 1 is 1.19 bits per heavy atom. The van der Waals surface area contributed by atoms with Crippen LogP contribution in [0.5, 0.6) is 0 Å². The third-order valence-electron chi connectivity index (χ3n) is 1.91. The van der Waals surface area contributed by atoms with Gasteiger partial charge in [0, 0.05) is 6.42 Å². The van der Waals surface area contributed by atoms with Gasteiger partial charge in [-0.15, -0.1) is 0 Å². The summed E-state index contributed by atoms with van der Waals surface area (Å²) < 4.78 is 6.08. The maximum atomic E-state index is 11.4. The predicted molar refractivity (Wildman–Crippen MR) is 62.5 cm³/mol. The van der Waals surface area contributed by atoms with Crippen LogP contribution in [-0.4, -0.2) is 44.7 Å². The monoisotopic (exact) mass is 343 g/mol. The smallest absolute Gasteiger partial charge is 0.306 e. The Bertz CT molecular complexity index is 204. The Hall–Kier alpha value is 0.160. The lowest BCUT2D eigenvalue weighted by Gasteiger charge is -2.23. The third-order valence-corrected chi connectivity index (χ3v) is 1.91. The number of halogens is 1. The van der Waals surface area contributed by atoms with Crippen molar-refractivity contribution >= 4 is 5.97 Å². The number of hydrogen-bond acceptors (Lipinski definition) is 2. The van der Waals surface area contributed by atoms with Crippen molar-refractivity contribution in [3.63, 3.8) is 0 Å². The molecular formula is C12H26INO2. The second-order valence-corrected chi connectivity index (χ2v) is 6.33. The summed E-state index contributed by atoms with van der Waals surface area (Å²) in [6.45, 7) is 7.70. The Balaban J connectivity index is 0. The van der Waals surface area contributed by atoms with Gasteiger partial charge in [0.1, 0.15) is 0 Å². The first kappa shape index (κ1) is 18.5. The second kappa shape index (κ2) is 7.48. The first-order chi connectivity index (χ1) is 6.60. The summed E-state index contributed by atoms with van der Waals surface area (Å²) in [7, 11) is 6.41. The van der Waals surface area contributed by atoms with Crippen molar-refractivity contribution in [1.82, 2.24) is 0 Å². The van der Waals surface area contributed by atoms with Crippen LogP contribution < -0.4 is 24.0 Å². The average molecular weight is 343 g/mol. The van der Waals surface area contributed by atoms with Gasteiger partial charge in [0.2, 0.25) is 0 Å². The highest BCUT2D eigenvalue weighted by molar-refractivity contribution is 5.70. The summed E-state index contributed by atoms with van der Waals surface area (Å²) in [5, 5.41) is 0. The maximum Gasteiger partial charge on any atom is 0.306 e. The molecule has 0 fully saturated rings. The van der Waals surface area contributed by atoms with Crippen molar-refractivity contribution in [2.45, 2.75) is 33.6 Å². The van der Waals surface area contributed by atoms with Crippen LogP contribution in [0.15, 0.2) is 0 Å². The van der Waals surface area contributed by atoms with Crippen molar-refractivity contribution < 1.29 is 38.0 Å². The van der Waals surface area contributed by atoms with Gasteiger partial charge in [-0.25, -0.2) is 0 Å². The number of hydrogen-bond donors (Lipinski definition) is 0. The zero-order valence-electron chi connectivity index (χ0n) is 11.5. The summed E-state index contributed by atoms with van der Waals surface area (Å²) in [5.41, 5.74) is 0.0250. The van der Waals surface area contributed by atoms with Crippen LogP contribution in [0.3, 0.4) is 0 Å². The van der Waals surface area contributed by atoms with Crippen molar-refractivity contribution in [3.05, 3.63) is 0 Å². The zero-order chi connectivity index (χ0) is 12.1. The highest BCUT2D eigenvalue weighted by Crippen LogP contribution is 2.18. The van der Waals surface area contributed by atoms with Gasteiger partial charge in [-0.05, 0) is 5.41 Å². The maximum absolute atomic E-state index is 11.4. The van der Waals surface area contributed by atoms with E-state index in [1.54, 1.807) is 0 Å². The summed E-state index contributed by atoms with van der Waals surface area (Å²) in [4.78, 5) is 11.4. The minimum Gasteiger partial charge on any atom is -1.00 e. The molecule has 3 nitrogen and oxygen atoms in total. The molecule has 0 amide bonds. The number of esters is 1. The first-order valence-corrected chi connectivity index (χ1v) is 5.56. The van der Waals surface area contributed by atoms with Crippen molar-refractivity contribution in [2.24, 2.45) is 5.41 Å². The zero-order valence-corrected chi connectivity index (χ0v) is 13.6. The van der Waals surface area contributed by atoms with Crippen molar-refractivity contribution in [3.8, 4) is 0 Å². The van der Waals surface area contributed by atoms with Gasteiger partial charge in [-0.2, -0.15) is 0 Å². The van der Waals surface area contributed by atoms with Gasteiger partial charge in [0.25, 0.3) is 0 Å². The SMILES string of the molecule is CC(C)(C)CC(=O)OCCC[N+](C)(C)C.[I-]. The van der Waals surface area contributed by atoms with Crippen LogP contribution >= 0.6 is 0 Å². The first-order valence-electron chi connectivity index (χ1n) is 5.56. The van der Waals surface area contributed by atoms with Crippen LogP contribution in [0.4, 0.5) is 0 Å². The largest absolute Gasteiger partial charge is 1.00 e. The van der Waals surface area contributed by atoms with E-state index in [9.17, 15) is 4.79 Å². The molecular weight excluding hydrogens is 317 g/mol. The normalized spacial score (nSPS) is 11.9. The Morgan fingerprint density at radius 3 is 2.06 bits per heavy atom. The molecule has 0 N–H and O–H groups in total. The molecule has 0 heterocycles. The number of quaternary nitrogens is 1. The molecule has 0 aliphatic heterocycles. The molecule has 0 spiro atoms. The lowest BCUT2D eigenvalue weighted by molar-refractivity contribution is -0.870. The van der Waals surface area contributed by atoms with Crippen LogP contribution in [-0.2, 0) is 9.53 Å². The van der Waals surface area contributed by atoms with E-state index in [4.69, 9.17) is 4.74 Å². The molecule has 0 bridgehead atoms. The van der Waals surface area contributed by atoms with Gasteiger partial charge < -0.3 is 33.2 Å². The van der Waals surface area contributed by atoms with Crippen LogP contribution in [0.2, 0.25) is 0 Å². The lowest BCUT2D eigenvalue weighted by atomic mass is 9.92. The summed E-state index contributed by atoms with van der Waals surface area (Å²) in [6.07, 6.45) is 1.43. The van der Waals surface area contributed by atoms with E-state index in [2.05, 4.69) is 21.1 Å². The van der Waals surface area contributed by atoms with E-state index in [0.29, 0.717) is 13.0 Å². The molecule has 0 aromatic heterocycles. The molecule has 0 saturated heterocycles. The molecule has 98 valence electrons. The van der Waals surface area contributed by atoms with E-state index in [-0.39, 0.29) is 35.4 Å². The highest BCUT2D eigenvalue weighted by atomic mass is 127. The Labute approximate surface area is 117 Å². The van der Waals surface area contributed by atoms with E-state index in [1.807, 2.05) is 20.8 Å². The third kappa shape index (κ3) is 14.2. The van der Waals surface area contributed by atoms with E-state index >= 15 is 0 Å². The molecule has 0 radical (unpaired) electrons. The van der Waals surface area contributed by atoms with Gasteiger partial charge in [-0.1, -0.05) is 20.8 Å². The van der Waals surface area contributed by atoms with E-state index in [0.717, 1.165) is 17.4 Å². The summed E-state index contributed by atoms with van der Waals surface area (Å²) >= 11 is 0. The highest BCUT2D eigenvalue weighted by Gasteiger charge is 2.17. The Kier molecular flexibility index (Phi) is 8.66. The van der Waals surface area contributed by atoms with E-state index < -0.39 is 0 Å². The van der Waals surface area contributed by atoms with Crippen LogP contribution in [0, 0.1) is 5.41 Å². The molecule has 0 saturated carbocycles. The van der Waals surface area contributed by atoms with Gasteiger partial charge in [0.15, 0.2) is 0 Å². The topological polar surface area (TPSA) is 26.3 Å². The molecule has 16 heavy (non-hydrogen) atoms. The van der Waals surface area contributed by atoms with Gasteiger partial charge >= 0.3 is 5.97 Å². The predicted octanol–water partition coefficient (Wildman–Crippen LogP) is -0.934. The van der Waals surface area contributed by atoms with Gasteiger partial charge in [-0.3, -0.25) is 4.79 Å². The second-order valence-electron chi connectivity index (χ2n) is 6.33. The minimum absolute atomic E-state index is 0. The fourth-order valence-electron chi connectivity index (χ4n) is 1.21. The van der Waals surface area contributed by atoms with Crippen LogP contribution in [0.25, 0.3) is 0 Å². The number of ether oxygens (including phenoxy) is 1. The standard InChI is InChI=1S/C12H26NO2.HI/c1-12(2,3)10-11(14)15-9-7-8-13(4,5)6;/h7-10H2,1-6H3;1H/q+1;/p-1. The fraction of sp³-hybridized carbons (Fsp3) is 0.917. The molecule has 0 atom stereocenters. The van der Waals surface area contributed by atoms with Gasteiger partial charge in [0.05, 0.1) is 40.7 Å². The molecule has 0 aliphatic rings. The van der Waals surface area contributed by atoms with Crippen LogP contribution in [0.1, 0.15) is 33.6 Å². The molecule has 0 aliphatic carbocycles. The number of carbonyl (C=O) groups is 1. The molecule has 4 heteroatoms. The van der Waals surface area contributed by atoms with Crippen molar-refractivity contribution in [2.75, 3.05) is 34.3 Å². The lowest BCUT2D eigenvalue weighted by Crippen LogP contribution is -3.00. The minimum atomic E-state index is -0.0797. The molecule has 0 aromatic rings. The summed E-state index contributed by atoms with van der Waals surface area (Å²) in [5.74, 6) is -0.0797. The quantitative estimate of drug-likeness (QED) is 0.279. The summed E-state index contributed by atoms with van der Waals surface area (Å²) in [6, 6.07) is 0. The molecule has 0 aromatic carbocycles. The average Bonchev–Trinajstić information content (AvgIpc) is 1.92. The van der Waals surface area contributed by atoms with E-state index in [1.165, 1.54) is 0 Å². The number of carbonyl (C=O) groups excluding carboxylic acids is 1. The van der Waals surface area contributed by atoms with Crippen molar-refractivity contribution in [1.29, 1.82) is 0 Å². The number of nitrogens with zero attached hydrogens (tertiary/aromatic N) is 1. The number of rotatable bonds is 5. The fourth-order valence-corrected chi connectivity index (χ4v) is 1.21.